The Balaban J connectivity index is 1.72. The van der Waals surface area contributed by atoms with Gasteiger partial charge in [-0.1, -0.05) is 30.3 Å². The number of hydrogen-bond donors (Lipinski definition) is 0. The van der Waals surface area contributed by atoms with Gasteiger partial charge in [-0.05, 0) is 36.8 Å². The summed E-state index contributed by atoms with van der Waals surface area (Å²) in [6.07, 6.45) is 0. The van der Waals surface area contributed by atoms with Crippen molar-refractivity contribution in [1.82, 2.24) is 9.80 Å². The first-order chi connectivity index (χ1) is 13.0. The van der Waals surface area contributed by atoms with E-state index in [9.17, 15) is 9.59 Å². The minimum absolute atomic E-state index is 0.0827. The molecule has 0 spiro atoms. The molecule has 5 heteroatoms. The van der Waals surface area contributed by atoms with Crippen molar-refractivity contribution >= 4 is 17.4 Å². The van der Waals surface area contributed by atoms with E-state index >= 15 is 0 Å². The van der Waals surface area contributed by atoms with Gasteiger partial charge in [0, 0.05) is 51.5 Å². The van der Waals surface area contributed by atoms with Crippen LogP contribution in [0.4, 0.5) is 5.69 Å². The van der Waals surface area contributed by atoms with E-state index < -0.39 is 0 Å². The molecule has 0 aromatic heterocycles. The maximum absolute atomic E-state index is 12.8. The van der Waals surface area contributed by atoms with Crippen molar-refractivity contribution in [3.05, 3.63) is 65.7 Å². The number of ketones is 1. The number of carbonyl (C=O) groups is 2. The van der Waals surface area contributed by atoms with Crippen LogP contribution in [0.3, 0.4) is 0 Å². The summed E-state index contributed by atoms with van der Waals surface area (Å²) in [4.78, 5) is 30.5. The number of nitrogens with zero attached hydrogens (tertiary/aromatic N) is 3. The number of benzene rings is 2. The topological polar surface area (TPSA) is 43.9 Å². The van der Waals surface area contributed by atoms with Crippen molar-refractivity contribution in [2.45, 2.75) is 13.0 Å². The fourth-order valence-electron chi connectivity index (χ4n) is 3.53. The Kier molecular flexibility index (Phi) is 5.91. The lowest BCUT2D eigenvalue weighted by molar-refractivity contribution is -0.134. The molecule has 1 aliphatic heterocycles. The Hall–Kier alpha value is -2.66. The fourth-order valence-corrected chi connectivity index (χ4v) is 3.53. The highest BCUT2D eigenvalue weighted by Gasteiger charge is 2.31. The highest BCUT2D eigenvalue weighted by Crippen LogP contribution is 2.26. The second-order valence-electron chi connectivity index (χ2n) is 7.17. The van der Waals surface area contributed by atoms with Gasteiger partial charge in [-0.15, -0.1) is 0 Å². The van der Waals surface area contributed by atoms with Crippen LogP contribution in [-0.4, -0.2) is 61.8 Å². The standard InChI is InChI=1S/C22H27N3O2/c1-17(26)18-9-11-20(12-10-18)24-13-15-25(16-14-24)21(22(27)23(2)3)19-7-5-4-6-8-19/h4-12,21H,13-16H2,1-3H3/t21-/m1/s1. The van der Waals surface area contributed by atoms with Crippen molar-refractivity contribution in [2.24, 2.45) is 0 Å². The van der Waals surface area contributed by atoms with Gasteiger partial charge < -0.3 is 9.80 Å². The summed E-state index contributed by atoms with van der Waals surface area (Å²) in [5.41, 5.74) is 2.89. The zero-order valence-electron chi connectivity index (χ0n) is 16.3. The largest absolute Gasteiger partial charge is 0.369 e. The Bertz CT molecular complexity index is 779. The second kappa shape index (κ2) is 8.35. The molecule has 1 saturated heterocycles. The summed E-state index contributed by atoms with van der Waals surface area (Å²) < 4.78 is 0. The zero-order valence-corrected chi connectivity index (χ0v) is 16.3. The van der Waals surface area contributed by atoms with Gasteiger partial charge in [0.25, 0.3) is 0 Å². The Morgan fingerprint density at radius 2 is 1.48 bits per heavy atom. The lowest BCUT2D eigenvalue weighted by Crippen LogP contribution is -2.51. The molecule has 5 nitrogen and oxygen atoms in total. The van der Waals surface area contributed by atoms with Crippen LogP contribution in [0.1, 0.15) is 28.9 Å². The van der Waals surface area contributed by atoms with Gasteiger partial charge in [-0.2, -0.15) is 0 Å². The lowest BCUT2D eigenvalue weighted by Gasteiger charge is -2.40. The number of hydrogen-bond acceptors (Lipinski definition) is 4. The fraction of sp³-hybridized carbons (Fsp3) is 0.364. The predicted molar refractivity (Wildman–Crippen MR) is 108 cm³/mol. The number of rotatable bonds is 5. The van der Waals surface area contributed by atoms with Crippen LogP contribution in [-0.2, 0) is 4.79 Å². The number of likely N-dealkylation sites (N-methyl/N-ethyl adjacent to an activating group) is 1. The summed E-state index contributed by atoms with van der Waals surface area (Å²) in [7, 11) is 3.62. The molecule has 2 aromatic rings. The summed E-state index contributed by atoms with van der Waals surface area (Å²) in [5.74, 6) is 0.194. The monoisotopic (exact) mass is 365 g/mol. The molecule has 1 fully saturated rings. The molecule has 1 aliphatic rings. The first kappa shape index (κ1) is 19.1. The van der Waals surface area contributed by atoms with Crippen LogP contribution in [0, 0.1) is 0 Å². The normalized spacial score (nSPS) is 16.0. The maximum Gasteiger partial charge on any atom is 0.244 e. The van der Waals surface area contributed by atoms with E-state index in [4.69, 9.17) is 0 Å². The minimum Gasteiger partial charge on any atom is -0.369 e. The Morgan fingerprint density at radius 3 is 2.00 bits per heavy atom. The van der Waals surface area contributed by atoms with Crippen molar-refractivity contribution in [3.8, 4) is 0 Å². The van der Waals surface area contributed by atoms with Crippen molar-refractivity contribution in [1.29, 1.82) is 0 Å². The summed E-state index contributed by atoms with van der Waals surface area (Å²) >= 11 is 0. The second-order valence-corrected chi connectivity index (χ2v) is 7.17. The molecule has 1 atom stereocenters. The molecule has 1 amide bonds. The van der Waals surface area contributed by atoms with Crippen LogP contribution in [0.5, 0.6) is 0 Å². The number of Topliss-reactive ketones (excluding diaryl/α,β-unsaturated/α-hetero) is 1. The van der Waals surface area contributed by atoms with E-state index in [1.165, 1.54) is 0 Å². The first-order valence-electron chi connectivity index (χ1n) is 9.33. The van der Waals surface area contributed by atoms with E-state index in [1.54, 1.807) is 11.8 Å². The third-order valence-electron chi connectivity index (χ3n) is 5.11. The van der Waals surface area contributed by atoms with Gasteiger partial charge >= 0.3 is 0 Å². The molecular formula is C22H27N3O2. The van der Waals surface area contributed by atoms with Crippen molar-refractivity contribution in [2.75, 3.05) is 45.2 Å². The van der Waals surface area contributed by atoms with E-state index in [0.29, 0.717) is 0 Å². The van der Waals surface area contributed by atoms with Gasteiger partial charge in [0.1, 0.15) is 6.04 Å². The number of piperazine rings is 1. The van der Waals surface area contributed by atoms with Crippen molar-refractivity contribution in [3.63, 3.8) is 0 Å². The molecule has 0 unspecified atom stereocenters. The van der Waals surface area contributed by atoms with Crippen molar-refractivity contribution < 1.29 is 9.59 Å². The average Bonchev–Trinajstić information content (AvgIpc) is 2.69. The highest BCUT2D eigenvalue weighted by atomic mass is 16.2. The lowest BCUT2D eigenvalue weighted by atomic mass is 10.0. The van der Waals surface area contributed by atoms with E-state index in [2.05, 4.69) is 9.80 Å². The Morgan fingerprint density at radius 1 is 0.889 bits per heavy atom. The molecule has 142 valence electrons. The first-order valence-corrected chi connectivity index (χ1v) is 9.33. The molecule has 1 heterocycles. The predicted octanol–water partition coefficient (Wildman–Crippen LogP) is 2.84. The number of carbonyl (C=O) groups excluding carboxylic acids is 2. The van der Waals surface area contributed by atoms with Gasteiger partial charge in [0.2, 0.25) is 5.91 Å². The summed E-state index contributed by atoms with van der Waals surface area (Å²) in [5, 5.41) is 0. The summed E-state index contributed by atoms with van der Waals surface area (Å²) in [6.45, 7) is 4.91. The molecule has 2 aromatic carbocycles. The molecule has 0 N–H and O–H groups in total. The van der Waals surface area contributed by atoms with E-state index in [1.807, 2.05) is 68.7 Å². The van der Waals surface area contributed by atoms with E-state index in [-0.39, 0.29) is 17.7 Å². The summed E-state index contributed by atoms with van der Waals surface area (Å²) in [6, 6.07) is 17.5. The van der Waals surface area contributed by atoms with Gasteiger partial charge in [0.15, 0.2) is 5.78 Å². The Labute approximate surface area is 161 Å². The average molecular weight is 365 g/mol. The molecule has 0 bridgehead atoms. The number of amides is 1. The molecule has 0 aliphatic carbocycles. The quantitative estimate of drug-likeness (QED) is 0.765. The molecule has 0 radical (unpaired) electrons. The van der Waals surface area contributed by atoms with Crippen LogP contribution >= 0.6 is 0 Å². The molecule has 3 rings (SSSR count). The molecule has 0 saturated carbocycles. The smallest absolute Gasteiger partial charge is 0.244 e. The third-order valence-corrected chi connectivity index (χ3v) is 5.11. The zero-order chi connectivity index (χ0) is 19.4. The molecule has 27 heavy (non-hydrogen) atoms. The maximum atomic E-state index is 12.8. The number of anilines is 1. The van der Waals surface area contributed by atoms with Gasteiger partial charge in [0.05, 0.1) is 0 Å². The van der Waals surface area contributed by atoms with Crippen LogP contribution in [0.25, 0.3) is 0 Å². The van der Waals surface area contributed by atoms with E-state index in [0.717, 1.165) is 43.0 Å². The van der Waals surface area contributed by atoms with Crippen LogP contribution < -0.4 is 4.90 Å². The SMILES string of the molecule is CC(=O)c1ccc(N2CCN([C@@H](C(=O)N(C)C)c3ccccc3)CC2)cc1. The van der Waals surface area contributed by atoms with Crippen LogP contribution in [0.2, 0.25) is 0 Å². The van der Waals surface area contributed by atoms with Crippen LogP contribution in [0.15, 0.2) is 54.6 Å². The highest BCUT2D eigenvalue weighted by molar-refractivity contribution is 5.94. The van der Waals surface area contributed by atoms with Gasteiger partial charge in [-0.3, -0.25) is 14.5 Å². The van der Waals surface area contributed by atoms with Gasteiger partial charge in [-0.25, -0.2) is 0 Å². The minimum atomic E-state index is -0.247. The third kappa shape index (κ3) is 4.37. The molecular weight excluding hydrogens is 338 g/mol.